The molecule has 0 aliphatic rings. The summed E-state index contributed by atoms with van der Waals surface area (Å²) in [7, 11) is 0. The quantitative estimate of drug-likeness (QED) is 0.545. The van der Waals surface area contributed by atoms with Crippen molar-refractivity contribution in [3.05, 3.63) is 36.5 Å². The maximum Gasteiger partial charge on any atom is 2.00 e. The van der Waals surface area contributed by atoms with Crippen molar-refractivity contribution in [3.8, 4) is 5.75 Å². The molecule has 1 heterocycles. The summed E-state index contributed by atoms with van der Waals surface area (Å²) in [5, 5.41) is 12.1. The van der Waals surface area contributed by atoms with Gasteiger partial charge < -0.3 is 5.11 Å². The van der Waals surface area contributed by atoms with Gasteiger partial charge in [0.05, 0.1) is 0 Å². The third-order valence-corrected chi connectivity index (χ3v) is 1.66. The molecule has 0 unspecified atom stereocenters. The van der Waals surface area contributed by atoms with Crippen LogP contribution in [0.1, 0.15) is 0 Å². The van der Waals surface area contributed by atoms with Crippen LogP contribution in [0.25, 0.3) is 10.9 Å². The first kappa shape index (κ1) is 9.78. The van der Waals surface area contributed by atoms with Crippen LogP contribution < -0.4 is 10.1 Å². The van der Waals surface area contributed by atoms with E-state index in [4.69, 9.17) is 0 Å². The van der Waals surface area contributed by atoms with E-state index in [0.717, 1.165) is 5.39 Å². The summed E-state index contributed by atoms with van der Waals surface area (Å²) in [5.74, 6) is 0.0445. The Morgan fingerprint density at radius 2 is 1.83 bits per heavy atom. The number of fused-ring (bicyclic) bond motifs is 1. The Balaban J connectivity index is 0.000000720. The molecule has 0 amide bonds. The number of pyridine rings is 1. The summed E-state index contributed by atoms with van der Waals surface area (Å²) in [6, 6.07) is 9.01. The maximum atomic E-state index is 11.1. The van der Waals surface area contributed by atoms with E-state index in [1.54, 1.807) is 18.3 Å². The van der Waals surface area contributed by atoms with Gasteiger partial charge in [-0.2, -0.15) is 0 Å². The van der Waals surface area contributed by atoms with Gasteiger partial charge in [0.2, 0.25) is 5.52 Å². The molecular formula is C9H7CaNO+2. The minimum absolute atomic E-state index is 0. The van der Waals surface area contributed by atoms with Crippen molar-refractivity contribution in [2.75, 3.05) is 0 Å². The normalized spacial score (nSPS) is 9.33. The first-order valence-electron chi connectivity index (χ1n) is 3.44. The van der Waals surface area contributed by atoms with E-state index in [0.29, 0.717) is 5.52 Å². The Bertz CT molecular complexity index is 384. The van der Waals surface area contributed by atoms with E-state index in [-0.39, 0.29) is 43.5 Å². The summed E-state index contributed by atoms with van der Waals surface area (Å²) < 4.78 is 0. The van der Waals surface area contributed by atoms with Crippen molar-refractivity contribution in [1.29, 1.82) is 0 Å². The summed E-state index contributed by atoms with van der Waals surface area (Å²) in [5.41, 5.74) is 0.676. The van der Waals surface area contributed by atoms with Crippen molar-refractivity contribution in [3.63, 3.8) is 0 Å². The summed E-state index contributed by atoms with van der Waals surface area (Å²) in [6.07, 6.45) is 1.75. The van der Waals surface area contributed by atoms with Gasteiger partial charge in [-0.3, -0.25) is 0 Å². The first-order chi connectivity index (χ1) is 5.38. The second-order valence-electron chi connectivity index (χ2n) is 2.39. The van der Waals surface area contributed by atoms with Gasteiger partial charge in [0.25, 0.3) is 0 Å². The Hall–Kier alpha value is -0.310. The van der Waals surface area contributed by atoms with Crippen molar-refractivity contribution >= 4 is 48.6 Å². The van der Waals surface area contributed by atoms with Crippen LogP contribution in [0.2, 0.25) is 0 Å². The molecule has 0 saturated heterocycles. The summed E-state index contributed by atoms with van der Waals surface area (Å²) >= 11 is 0. The molecule has 0 atom stereocenters. The topological polar surface area (TPSA) is 37.2 Å². The molecule has 0 radical (unpaired) electrons. The van der Waals surface area contributed by atoms with Crippen LogP contribution in [0.15, 0.2) is 36.5 Å². The Labute approximate surface area is 100 Å². The molecule has 0 spiro atoms. The zero-order valence-corrected chi connectivity index (χ0v) is 8.79. The van der Waals surface area contributed by atoms with Gasteiger partial charge in [-0.05, 0) is 17.9 Å². The number of H-pyrrole nitrogens is 1. The first-order valence-corrected chi connectivity index (χ1v) is 3.44. The van der Waals surface area contributed by atoms with Crippen LogP contribution in [0, 0.1) is 0 Å². The molecule has 2 nitrogen and oxygen atoms in total. The zero-order valence-electron chi connectivity index (χ0n) is 6.58. The standard InChI is InChI=1S/C9H7NO.Ca/c11-8-5-1-3-7-4-2-6-10-9(7)8;/h1-6,11H;/q;+2. The van der Waals surface area contributed by atoms with E-state index in [9.17, 15) is 5.11 Å². The molecule has 0 bridgehead atoms. The largest absolute Gasteiger partial charge is 2.00 e. The molecule has 2 rings (SSSR count). The van der Waals surface area contributed by atoms with E-state index in [1.165, 1.54) is 0 Å². The predicted molar refractivity (Wildman–Crippen MR) is 45.7 cm³/mol. The SMILES string of the molecule is [Ca+2].[O-]c1cccc2ccc[nH+]c12. The van der Waals surface area contributed by atoms with Crippen molar-refractivity contribution in [2.45, 2.75) is 0 Å². The van der Waals surface area contributed by atoms with Gasteiger partial charge in [-0.15, -0.1) is 0 Å². The molecule has 54 valence electrons. The Kier molecular flexibility index (Phi) is 3.32. The average Bonchev–Trinajstić information content (AvgIpc) is 2.06. The van der Waals surface area contributed by atoms with E-state index >= 15 is 0 Å². The number of aromatic amines is 1. The maximum absolute atomic E-state index is 11.1. The molecule has 12 heavy (non-hydrogen) atoms. The van der Waals surface area contributed by atoms with Gasteiger partial charge >= 0.3 is 37.7 Å². The van der Waals surface area contributed by atoms with Crippen LogP contribution in [-0.2, 0) is 0 Å². The number of benzene rings is 1. The fourth-order valence-electron chi connectivity index (χ4n) is 1.12. The predicted octanol–water partition coefficient (Wildman–Crippen LogP) is 0.347. The molecule has 0 fully saturated rings. The van der Waals surface area contributed by atoms with Crippen molar-refractivity contribution in [2.24, 2.45) is 0 Å². The van der Waals surface area contributed by atoms with Gasteiger partial charge in [0, 0.05) is 11.5 Å². The van der Waals surface area contributed by atoms with Crippen LogP contribution in [0.4, 0.5) is 0 Å². The average molecular weight is 185 g/mol. The third-order valence-electron chi connectivity index (χ3n) is 1.66. The van der Waals surface area contributed by atoms with Crippen LogP contribution in [0.3, 0.4) is 0 Å². The third kappa shape index (κ3) is 1.71. The molecule has 1 N–H and O–H groups in total. The number of rotatable bonds is 0. The van der Waals surface area contributed by atoms with E-state index < -0.39 is 0 Å². The fraction of sp³-hybridized carbons (Fsp3) is 0. The fourth-order valence-corrected chi connectivity index (χ4v) is 1.12. The van der Waals surface area contributed by atoms with Gasteiger partial charge in [-0.25, -0.2) is 4.98 Å². The Morgan fingerprint density at radius 3 is 2.58 bits per heavy atom. The molecule has 0 aliphatic heterocycles. The smallest absolute Gasteiger partial charge is 0.868 e. The molecule has 0 saturated carbocycles. The van der Waals surface area contributed by atoms with Gasteiger partial charge in [0.15, 0.2) is 6.20 Å². The van der Waals surface area contributed by atoms with E-state index in [2.05, 4.69) is 4.98 Å². The number of para-hydroxylation sites is 1. The number of aromatic nitrogens is 1. The summed E-state index contributed by atoms with van der Waals surface area (Å²) in [6.45, 7) is 0. The number of nitrogens with one attached hydrogen (secondary N) is 1. The molecule has 3 heteroatoms. The van der Waals surface area contributed by atoms with Gasteiger partial charge in [0.1, 0.15) is 0 Å². The van der Waals surface area contributed by atoms with Crippen molar-refractivity contribution < 1.29 is 10.1 Å². The van der Waals surface area contributed by atoms with E-state index in [1.807, 2.05) is 18.2 Å². The van der Waals surface area contributed by atoms with Gasteiger partial charge in [-0.1, -0.05) is 12.1 Å². The molecule has 0 aliphatic carbocycles. The second kappa shape index (κ2) is 4.08. The zero-order chi connectivity index (χ0) is 7.68. The number of hydrogen-bond acceptors (Lipinski definition) is 1. The molecule has 1 aromatic carbocycles. The van der Waals surface area contributed by atoms with Crippen LogP contribution in [-0.4, -0.2) is 37.7 Å². The second-order valence-corrected chi connectivity index (χ2v) is 2.39. The van der Waals surface area contributed by atoms with Crippen LogP contribution >= 0.6 is 0 Å². The Morgan fingerprint density at radius 1 is 1.08 bits per heavy atom. The molecule has 2 aromatic rings. The monoisotopic (exact) mass is 185 g/mol. The minimum atomic E-state index is 0. The van der Waals surface area contributed by atoms with Crippen molar-refractivity contribution in [1.82, 2.24) is 0 Å². The molecular weight excluding hydrogens is 178 g/mol. The number of hydrogen-bond donors (Lipinski definition) is 0. The van der Waals surface area contributed by atoms with Crippen LogP contribution in [0.5, 0.6) is 5.75 Å². The minimum Gasteiger partial charge on any atom is -0.868 e. The summed E-state index contributed by atoms with van der Waals surface area (Å²) in [4.78, 5) is 2.91. The molecule has 1 aromatic heterocycles.